The van der Waals surface area contributed by atoms with Gasteiger partial charge >= 0.3 is 180 Å². The monoisotopic (exact) mass is 492 g/mol. The van der Waals surface area contributed by atoms with Crippen molar-refractivity contribution in [3.63, 3.8) is 0 Å². The van der Waals surface area contributed by atoms with E-state index in [1.807, 2.05) is 0 Å². The minimum atomic E-state index is -1.31. The van der Waals surface area contributed by atoms with E-state index in [0.717, 1.165) is 32.5 Å². The van der Waals surface area contributed by atoms with Crippen molar-refractivity contribution in [3.8, 4) is 0 Å². The van der Waals surface area contributed by atoms with Gasteiger partial charge in [-0.05, 0) is 0 Å². The van der Waals surface area contributed by atoms with Crippen LogP contribution in [0.3, 0.4) is 0 Å². The van der Waals surface area contributed by atoms with Gasteiger partial charge in [0.15, 0.2) is 0 Å². The van der Waals surface area contributed by atoms with Crippen LogP contribution in [-0.4, -0.2) is 39.3 Å². The van der Waals surface area contributed by atoms with E-state index < -0.39 is 19.8 Å². The van der Waals surface area contributed by atoms with Crippen LogP contribution in [0.1, 0.15) is 118 Å². The molecule has 0 spiro atoms. The maximum atomic E-state index is 6.04. The number of hydrogen-bond acceptors (Lipinski definition) is 2. The summed E-state index contributed by atoms with van der Waals surface area (Å²) >= 11 is -1.31. The van der Waals surface area contributed by atoms with Gasteiger partial charge in [-0.25, -0.2) is 0 Å². The third-order valence-electron chi connectivity index (χ3n) is 5.59. The van der Waals surface area contributed by atoms with E-state index in [0.29, 0.717) is 0 Å². The Morgan fingerprint density at radius 2 is 0.963 bits per heavy atom. The summed E-state index contributed by atoms with van der Waals surface area (Å²) in [5.74, 6) is 0. The molecular weight excluding hydrogens is 439 g/mol. The van der Waals surface area contributed by atoms with Crippen molar-refractivity contribution in [3.05, 3.63) is 0 Å². The fraction of sp³-hybridized carbons (Fsp3) is 1.00. The molecule has 0 bridgehead atoms. The van der Waals surface area contributed by atoms with E-state index in [4.69, 9.17) is 9.47 Å². The normalized spacial score (nSPS) is 11.8. The van der Waals surface area contributed by atoms with Crippen LogP contribution in [0, 0.1) is 0 Å². The minimum absolute atomic E-state index is 0.0650. The zero-order valence-corrected chi connectivity index (χ0v) is 22.7. The van der Waals surface area contributed by atoms with E-state index in [9.17, 15) is 0 Å². The van der Waals surface area contributed by atoms with Crippen molar-refractivity contribution in [2.75, 3.05) is 13.2 Å². The molecule has 27 heavy (non-hydrogen) atoms. The second-order valence-corrected chi connectivity index (χ2v) is 18.3. The van der Waals surface area contributed by atoms with E-state index in [-0.39, 0.29) is 6.29 Å². The second-order valence-electron chi connectivity index (χ2n) is 8.37. The Labute approximate surface area is 179 Å². The van der Waals surface area contributed by atoms with Crippen LogP contribution >= 0.6 is 0 Å². The van der Waals surface area contributed by atoms with Crippen molar-refractivity contribution >= 4 is 19.8 Å². The predicted molar refractivity (Wildman–Crippen MR) is 125 cm³/mol. The second kappa shape index (κ2) is 23.0. The van der Waals surface area contributed by atoms with Crippen molar-refractivity contribution < 1.29 is 9.47 Å². The Kier molecular flexibility index (Phi) is 23.6. The summed E-state index contributed by atoms with van der Waals surface area (Å²) < 4.78 is 16.9. The molecule has 0 atom stereocenters. The molecule has 0 N–H and O–H groups in total. The maximum absolute atomic E-state index is 6.04. The van der Waals surface area contributed by atoms with Crippen LogP contribution in [-0.2, 0) is 9.47 Å². The van der Waals surface area contributed by atoms with Crippen LogP contribution in [0.5, 0.6) is 0 Å². The molecule has 0 aliphatic carbocycles. The van der Waals surface area contributed by atoms with Gasteiger partial charge in [-0.2, -0.15) is 0 Å². The molecular formula is C24H52O2Sn. The number of hydrogen-bond donors (Lipinski definition) is 0. The van der Waals surface area contributed by atoms with Crippen molar-refractivity contribution in [1.29, 1.82) is 0 Å². The van der Waals surface area contributed by atoms with E-state index in [2.05, 4.69) is 27.7 Å². The summed E-state index contributed by atoms with van der Waals surface area (Å²) in [5, 5.41) is 0. The zero-order valence-electron chi connectivity index (χ0n) is 19.4. The summed E-state index contributed by atoms with van der Waals surface area (Å²) in [4.78, 5) is 0. The molecule has 0 radical (unpaired) electrons. The molecule has 0 rings (SSSR count). The SMILES string of the molecule is CCCCC[CH2][SnH]([CH2]CCCCC)[CH2]CCC(OCCCC)OCCCC. The van der Waals surface area contributed by atoms with Crippen LogP contribution in [0.4, 0.5) is 0 Å². The Morgan fingerprint density at radius 1 is 0.519 bits per heavy atom. The first kappa shape index (κ1) is 27.7. The molecule has 0 unspecified atom stereocenters. The van der Waals surface area contributed by atoms with Crippen molar-refractivity contribution in [1.82, 2.24) is 0 Å². The average molecular weight is 491 g/mol. The molecule has 164 valence electrons. The third-order valence-corrected chi connectivity index (χ3v) is 16.1. The van der Waals surface area contributed by atoms with Crippen LogP contribution in [0.25, 0.3) is 0 Å². The fourth-order valence-corrected chi connectivity index (χ4v) is 13.4. The van der Waals surface area contributed by atoms with Gasteiger partial charge < -0.3 is 0 Å². The molecule has 0 aromatic carbocycles. The molecule has 0 saturated carbocycles. The molecule has 3 heteroatoms. The van der Waals surface area contributed by atoms with Gasteiger partial charge in [0.1, 0.15) is 0 Å². The molecule has 0 fully saturated rings. The molecule has 0 aromatic heterocycles. The number of unbranched alkanes of at least 4 members (excludes halogenated alkanes) is 8. The molecule has 2 nitrogen and oxygen atoms in total. The van der Waals surface area contributed by atoms with Gasteiger partial charge in [-0.3, -0.25) is 0 Å². The third kappa shape index (κ3) is 19.8. The van der Waals surface area contributed by atoms with E-state index >= 15 is 0 Å². The number of rotatable bonds is 22. The van der Waals surface area contributed by atoms with Gasteiger partial charge in [0, 0.05) is 0 Å². The van der Waals surface area contributed by atoms with Gasteiger partial charge in [0.05, 0.1) is 0 Å². The zero-order chi connectivity index (χ0) is 20.0. The fourth-order valence-electron chi connectivity index (χ4n) is 3.66. The average Bonchev–Trinajstić information content (AvgIpc) is 2.68. The van der Waals surface area contributed by atoms with Gasteiger partial charge in [0.2, 0.25) is 0 Å². The standard InChI is InChI=1S/C12H25O2.2C6H13.Sn.H/c1-4-7-10-13-12(9-6-3)14-11-8-5-2;2*1-3-5-6-4-2;;/h12H,3-11H2,1-2H3;2*1,3-6H2,2H3;;. The van der Waals surface area contributed by atoms with Crippen molar-refractivity contribution in [2.24, 2.45) is 0 Å². The quantitative estimate of drug-likeness (QED) is 0.0865. The van der Waals surface area contributed by atoms with Gasteiger partial charge in [-0.15, -0.1) is 0 Å². The molecule has 0 aliphatic heterocycles. The molecule has 0 heterocycles. The topological polar surface area (TPSA) is 18.5 Å². The molecule has 0 amide bonds. The first-order valence-electron chi connectivity index (χ1n) is 12.5. The summed E-state index contributed by atoms with van der Waals surface area (Å²) in [7, 11) is 0. The first-order valence-corrected chi connectivity index (χ1v) is 19.5. The summed E-state index contributed by atoms with van der Waals surface area (Å²) in [6.45, 7) is 10.8. The summed E-state index contributed by atoms with van der Waals surface area (Å²) in [6.07, 6.45) is 18.9. The van der Waals surface area contributed by atoms with Crippen LogP contribution in [0.2, 0.25) is 13.3 Å². The van der Waals surface area contributed by atoms with Gasteiger partial charge in [-0.1, -0.05) is 0 Å². The molecule has 0 saturated heterocycles. The molecule has 0 aliphatic rings. The Bertz CT molecular complexity index is 251. The van der Waals surface area contributed by atoms with Crippen LogP contribution in [0.15, 0.2) is 0 Å². The Morgan fingerprint density at radius 3 is 1.41 bits per heavy atom. The van der Waals surface area contributed by atoms with Crippen molar-refractivity contribution in [2.45, 2.75) is 137 Å². The Balaban J connectivity index is 4.19. The van der Waals surface area contributed by atoms with Crippen LogP contribution < -0.4 is 0 Å². The van der Waals surface area contributed by atoms with Gasteiger partial charge in [0.25, 0.3) is 0 Å². The summed E-state index contributed by atoms with van der Waals surface area (Å²) in [6, 6.07) is 0. The summed E-state index contributed by atoms with van der Waals surface area (Å²) in [5.41, 5.74) is 0. The number of ether oxygens (including phenoxy) is 2. The first-order chi connectivity index (χ1) is 13.3. The predicted octanol–water partition coefficient (Wildman–Crippen LogP) is 8.11. The Hall–Kier alpha value is 0.719. The molecule has 0 aromatic rings. The van der Waals surface area contributed by atoms with E-state index in [1.54, 1.807) is 13.3 Å². The van der Waals surface area contributed by atoms with E-state index in [1.165, 1.54) is 70.6 Å².